The fourth-order valence-electron chi connectivity index (χ4n) is 4.29. The van der Waals surface area contributed by atoms with Crippen LogP contribution in [-0.4, -0.2) is 59.1 Å². The molecule has 4 aromatic rings. The molecule has 1 aromatic carbocycles. The third kappa shape index (κ3) is 7.19. The van der Waals surface area contributed by atoms with Gasteiger partial charge < -0.3 is 5.32 Å². The summed E-state index contributed by atoms with van der Waals surface area (Å²) in [6.07, 6.45) is -5.26. The van der Waals surface area contributed by atoms with Gasteiger partial charge in [-0.05, 0) is 91.7 Å². The van der Waals surface area contributed by atoms with Crippen LogP contribution >= 0.6 is 34.2 Å². The van der Waals surface area contributed by atoms with E-state index in [4.69, 9.17) is 11.6 Å². The Morgan fingerprint density at radius 1 is 1.04 bits per heavy atom. The molecule has 0 saturated carbocycles. The molecule has 18 heteroatoms. The minimum atomic E-state index is -6.56. The van der Waals surface area contributed by atoms with Crippen LogP contribution in [0.5, 0.6) is 0 Å². The van der Waals surface area contributed by atoms with Crippen molar-refractivity contribution in [2.75, 3.05) is 0 Å². The van der Waals surface area contributed by atoms with Gasteiger partial charge in [0.2, 0.25) is 0 Å². The molecule has 0 unspecified atom stereocenters. The maximum absolute atomic E-state index is 14.2. The molecule has 1 amide bonds. The van der Waals surface area contributed by atoms with Crippen molar-refractivity contribution in [3.8, 4) is 5.82 Å². The number of pyridine rings is 1. The van der Waals surface area contributed by atoms with Gasteiger partial charge in [0.05, 0.1) is 23.5 Å². The minimum absolute atomic E-state index is 0.000528. The predicted molar refractivity (Wildman–Crippen MR) is 160 cm³/mol. The lowest BCUT2D eigenvalue weighted by molar-refractivity contribution is -0.360. The Bertz CT molecular complexity index is 1800. The maximum atomic E-state index is 14.2. The summed E-state index contributed by atoms with van der Waals surface area (Å²) < 4.78 is 95.8. The highest BCUT2D eigenvalue weighted by Crippen LogP contribution is 2.51. The molecule has 0 aliphatic carbocycles. The van der Waals surface area contributed by atoms with Crippen molar-refractivity contribution in [1.29, 1.82) is 0 Å². The molecule has 4 rings (SSSR count). The number of Topliss-reactive ketones (excluding diaryl/α,β-unsaturated/α-hetero) is 1. The number of halogens is 9. The monoisotopic (exact) mass is 785 g/mol. The number of ketones is 1. The normalized spacial score (nSPS) is 12.8. The van der Waals surface area contributed by atoms with Crippen LogP contribution in [0.3, 0.4) is 0 Å². The predicted octanol–water partition coefficient (Wildman–Crippen LogP) is 6.72. The fraction of sp³-hybridized carbons (Fsp3) is 0.357. The summed E-state index contributed by atoms with van der Waals surface area (Å²) in [6, 6.07) is 7.63. The lowest BCUT2D eigenvalue weighted by atomic mass is 9.95. The molecule has 9 nitrogen and oxygen atoms in total. The number of aryl methyl sites for hydroxylation is 1. The molecule has 3 heterocycles. The number of carbonyl (C=O) groups is 2. The van der Waals surface area contributed by atoms with Crippen molar-refractivity contribution in [3.63, 3.8) is 0 Å². The number of hydrogen-bond donors (Lipinski definition) is 1. The summed E-state index contributed by atoms with van der Waals surface area (Å²) in [6.45, 7) is 6.56. The van der Waals surface area contributed by atoms with Gasteiger partial charge in [-0.1, -0.05) is 16.8 Å². The van der Waals surface area contributed by atoms with Gasteiger partial charge in [-0.15, -0.1) is 5.10 Å². The standard InChI is InChI=1S/C28H24ClF7IN7O2/c1-14-8-15(37)9-18(24(46)39-25(2,3)4)17(14)11-21(45)20-10-16(41-44(20)23-19(29)6-5-7-38-23)12-43-13-22(40-42-43)26(30,31)27(32,33)28(34,35)36/h5-10,13H,11-12H2,1-4H3,(H,39,46). The van der Waals surface area contributed by atoms with E-state index in [0.29, 0.717) is 15.8 Å². The smallest absolute Gasteiger partial charge is 0.347 e. The molecule has 0 aliphatic heterocycles. The molecular weight excluding hydrogens is 762 g/mol. The number of carbonyl (C=O) groups excluding carboxylic acids is 2. The molecule has 0 spiro atoms. The molecule has 0 fully saturated rings. The SMILES string of the molecule is Cc1cc(I)cc(C(=O)NC(C)(C)C)c1CC(=O)c1cc(Cn2cc(C(F)(F)C(F)(F)C(F)(F)F)nn2)nn1-c1ncccc1Cl. The molecule has 0 saturated heterocycles. The van der Waals surface area contributed by atoms with Crippen LogP contribution in [0.2, 0.25) is 5.02 Å². The number of hydrogen-bond acceptors (Lipinski definition) is 6. The first-order valence-corrected chi connectivity index (χ1v) is 14.7. The lowest BCUT2D eigenvalue weighted by Crippen LogP contribution is -2.50. The van der Waals surface area contributed by atoms with Crippen LogP contribution in [-0.2, 0) is 18.9 Å². The Kier molecular flexibility index (Phi) is 9.61. The van der Waals surface area contributed by atoms with E-state index in [2.05, 4.69) is 25.7 Å². The third-order valence-corrected chi connectivity index (χ3v) is 7.35. The van der Waals surface area contributed by atoms with Crippen molar-refractivity contribution in [1.82, 2.24) is 35.1 Å². The number of amides is 1. The highest BCUT2D eigenvalue weighted by Gasteiger charge is 2.74. The maximum Gasteiger partial charge on any atom is 0.460 e. The van der Waals surface area contributed by atoms with Crippen LogP contribution in [0.1, 0.15) is 64.1 Å². The van der Waals surface area contributed by atoms with Crippen molar-refractivity contribution in [2.24, 2.45) is 0 Å². The van der Waals surface area contributed by atoms with E-state index in [1.807, 2.05) is 22.6 Å². The van der Waals surface area contributed by atoms with Crippen molar-refractivity contribution < 1.29 is 40.3 Å². The van der Waals surface area contributed by atoms with Gasteiger partial charge in [-0.3, -0.25) is 9.59 Å². The zero-order valence-corrected chi connectivity index (χ0v) is 27.3. The largest absolute Gasteiger partial charge is 0.460 e. The van der Waals surface area contributed by atoms with Crippen LogP contribution < -0.4 is 5.32 Å². The quantitative estimate of drug-likeness (QED) is 0.115. The van der Waals surface area contributed by atoms with E-state index < -0.39 is 47.5 Å². The molecule has 1 N–H and O–H groups in total. The second-order valence-electron chi connectivity index (χ2n) is 11.2. The van der Waals surface area contributed by atoms with Gasteiger partial charge in [0.25, 0.3) is 5.91 Å². The van der Waals surface area contributed by atoms with E-state index in [0.717, 1.165) is 8.25 Å². The average molecular weight is 786 g/mol. The fourth-order valence-corrected chi connectivity index (χ4v) is 5.27. The van der Waals surface area contributed by atoms with Crippen LogP contribution in [0.4, 0.5) is 30.7 Å². The van der Waals surface area contributed by atoms with Gasteiger partial charge in [0.1, 0.15) is 5.69 Å². The summed E-state index contributed by atoms with van der Waals surface area (Å²) in [5.41, 5.74) is -1.34. The topological polar surface area (TPSA) is 108 Å². The number of alkyl halides is 7. The number of nitrogens with zero attached hydrogens (tertiary/aromatic N) is 6. The molecule has 46 heavy (non-hydrogen) atoms. The molecule has 0 atom stereocenters. The Labute approximate surface area is 275 Å². The van der Waals surface area contributed by atoms with Crippen LogP contribution in [0.25, 0.3) is 5.82 Å². The first-order valence-electron chi connectivity index (χ1n) is 13.2. The zero-order valence-electron chi connectivity index (χ0n) is 24.4. The van der Waals surface area contributed by atoms with E-state index in [9.17, 15) is 40.3 Å². The molecule has 246 valence electrons. The second-order valence-corrected chi connectivity index (χ2v) is 12.9. The minimum Gasteiger partial charge on any atom is -0.347 e. The lowest BCUT2D eigenvalue weighted by Gasteiger charge is -2.26. The van der Waals surface area contributed by atoms with Gasteiger partial charge >= 0.3 is 18.0 Å². The van der Waals surface area contributed by atoms with Crippen molar-refractivity contribution in [2.45, 2.75) is 64.2 Å². The van der Waals surface area contributed by atoms with Crippen LogP contribution in [0.15, 0.2) is 42.7 Å². The number of benzene rings is 1. The summed E-state index contributed by atoms with van der Waals surface area (Å²) in [5, 5.41) is 13.3. The van der Waals surface area contributed by atoms with Gasteiger partial charge in [0, 0.05) is 27.3 Å². The number of aromatic nitrogens is 6. The second kappa shape index (κ2) is 12.5. The summed E-state index contributed by atoms with van der Waals surface area (Å²) in [4.78, 5) is 31.2. The highest BCUT2D eigenvalue weighted by atomic mass is 127. The van der Waals surface area contributed by atoms with Gasteiger partial charge in [-0.2, -0.15) is 35.8 Å². The van der Waals surface area contributed by atoms with E-state index in [1.54, 1.807) is 39.8 Å². The van der Waals surface area contributed by atoms with E-state index in [1.165, 1.54) is 24.4 Å². The van der Waals surface area contributed by atoms with Crippen molar-refractivity contribution >= 4 is 45.9 Å². The molecule has 0 bridgehead atoms. The third-order valence-electron chi connectivity index (χ3n) is 6.43. The van der Waals surface area contributed by atoms with E-state index >= 15 is 0 Å². The molecule has 3 aromatic heterocycles. The van der Waals surface area contributed by atoms with E-state index in [-0.39, 0.29) is 40.4 Å². The van der Waals surface area contributed by atoms with Crippen LogP contribution in [0, 0.1) is 10.5 Å². The molecule has 0 radical (unpaired) electrons. The molecular formula is C28H24ClF7IN7O2. The first-order chi connectivity index (χ1) is 21.1. The zero-order chi connectivity index (χ0) is 34.4. The average Bonchev–Trinajstić information content (AvgIpc) is 3.56. The van der Waals surface area contributed by atoms with Gasteiger partial charge in [-0.25, -0.2) is 14.3 Å². The summed E-state index contributed by atoms with van der Waals surface area (Å²) in [7, 11) is 0. The Morgan fingerprint density at radius 2 is 1.72 bits per heavy atom. The highest BCUT2D eigenvalue weighted by molar-refractivity contribution is 14.1. The number of nitrogens with one attached hydrogen (secondary N) is 1. The van der Waals surface area contributed by atoms with Crippen molar-refractivity contribution in [3.05, 3.63) is 85.1 Å². The Morgan fingerprint density at radius 3 is 2.33 bits per heavy atom. The Balaban J connectivity index is 1.73. The van der Waals surface area contributed by atoms with Gasteiger partial charge in [0.15, 0.2) is 17.3 Å². The number of rotatable bonds is 9. The summed E-state index contributed by atoms with van der Waals surface area (Å²) in [5.74, 6) is -13.1. The Hall–Kier alpha value is -3.61. The summed E-state index contributed by atoms with van der Waals surface area (Å²) >= 11 is 8.36. The first kappa shape index (κ1) is 35.2. The molecule has 0 aliphatic rings.